The number of benzene rings is 1. The first-order valence-corrected chi connectivity index (χ1v) is 8.53. The van der Waals surface area contributed by atoms with Crippen molar-refractivity contribution in [2.24, 2.45) is 0 Å². The minimum atomic E-state index is 0.166. The predicted octanol–water partition coefficient (Wildman–Crippen LogP) is 1.76. The van der Waals surface area contributed by atoms with Gasteiger partial charge >= 0.3 is 0 Å². The van der Waals surface area contributed by atoms with E-state index >= 15 is 0 Å². The summed E-state index contributed by atoms with van der Waals surface area (Å²) in [5, 5.41) is 2.95. The molecule has 4 nitrogen and oxygen atoms in total. The molecule has 1 heterocycles. The van der Waals surface area contributed by atoms with Crippen molar-refractivity contribution in [2.45, 2.75) is 26.2 Å². The Balaban J connectivity index is 1.58. The number of piperazine rings is 1. The lowest BCUT2D eigenvalue weighted by molar-refractivity contribution is -0.122. The van der Waals surface area contributed by atoms with Crippen LogP contribution in [0.3, 0.4) is 0 Å². The molecule has 4 heteroatoms. The Hall–Kier alpha value is -1.39. The van der Waals surface area contributed by atoms with E-state index in [1.54, 1.807) is 0 Å². The Labute approximate surface area is 134 Å². The van der Waals surface area contributed by atoms with Gasteiger partial charge < -0.3 is 10.2 Å². The zero-order chi connectivity index (χ0) is 15.6. The lowest BCUT2D eigenvalue weighted by atomic mass is 10.1. The van der Waals surface area contributed by atoms with Gasteiger partial charge in [0.2, 0.25) is 5.91 Å². The third-order valence-corrected chi connectivity index (χ3v) is 4.19. The van der Waals surface area contributed by atoms with E-state index in [1.165, 1.54) is 12.0 Å². The normalized spacial score (nSPS) is 16.6. The number of carbonyl (C=O) groups excluding carboxylic acids is 1. The molecule has 0 aromatic heterocycles. The van der Waals surface area contributed by atoms with Gasteiger partial charge in [-0.2, -0.15) is 0 Å². The summed E-state index contributed by atoms with van der Waals surface area (Å²) in [6, 6.07) is 10.7. The van der Waals surface area contributed by atoms with Crippen molar-refractivity contribution in [3.63, 3.8) is 0 Å². The maximum Gasteiger partial charge on any atom is 0.234 e. The zero-order valence-electron chi connectivity index (χ0n) is 13.8. The molecule has 1 aromatic rings. The topological polar surface area (TPSA) is 35.6 Å². The highest BCUT2D eigenvalue weighted by Gasteiger charge is 2.18. The molecule has 122 valence electrons. The highest BCUT2D eigenvalue weighted by molar-refractivity contribution is 5.77. The van der Waals surface area contributed by atoms with E-state index in [2.05, 4.69) is 52.4 Å². The van der Waals surface area contributed by atoms with Gasteiger partial charge in [0.05, 0.1) is 6.54 Å². The first kappa shape index (κ1) is 17.0. The summed E-state index contributed by atoms with van der Waals surface area (Å²) >= 11 is 0. The molecule has 2 rings (SSSR count). The number of aryl methyl sites for hydroxylation is 1. The Morgan fingerprint density at radius 3 is 2.45 bits per heavy atom. The van der Waals surface area contributed by atoms with E-state index in [0.717, 1.165) is 52.1 Å². The fourth-order valence-electron chi connectivity index (χ4n) is 2.85. The van der Waals surface area contributed by atoms with Gasteiger partial charge in [0.15, 0.2) is 0 Å². The van der Waals surface area contributed by atoms with Crippen molar-refractivity contribution >= 4 is 5.91 Å². The number of hydrogen-bond acceptors (Lipinski definition) is 3. The maximum absolute atomic E-state index is 11.7. The second kappa shape index (κ2) is 9.59. The lowest BCUT2D eigenvalue weighted by Gasteiger charge is -2.34. The summed E-state index contributed by atoms with van der Waals surface area (Å²) in [4.78, 5) is 16.5. The zero-order valence-corrected chi connectivity index (χ0v) is 13.8. The van der Waals surface area contributed by atoms with Crippen LogP contribution in [-0.2, 0) is 11.2 Å². The summed E-state index contributed by atoms with van der Waals surface area (Å²) in [5.41, 5.74) is 1.42. The highest BCUT2D eigenvalue weighted by atomic mass is 16.2. The second-order valence-corrected chi connectivity index (χ2v) is 6.06. The number of amides is 1. The maximum atomic E-state index is 11.7. The molecule has 1 aliphatic heterocycles. The van der Waals surface area contributed by atoms with Gasteiger partial charge in [-0.05, 0) is 31.4 Å². The Morgan fingerprint density at radius 2 is 1.77 bits per heavy atom. The summed E-state index contributed by atoms with van der Waals surface area (Å²) in [6.07, 6.45) is 3.36. The Kier molecular flexibility index (Phi) is 7.40. The number of carbonyl (C=O) groups is 1. The van der Waals surface area contributed by atoms with E-state index in [-0.39, 0.29) is 5.91 Å². The van der Waals surface area contributed by atoms with Gasteiger partial charge in [-0.1, -0.05) is 37.3 Å². The van der Waals surface area contributed by atoms with E-state index < -0.39 is 0 Å². The lowest BCUT2D eigenvalue weighted by Crippen LogP contribution is -2.49. The van der Waals surface area contributed by atoms with Crippen molar-refractivity contribution in [1.82, 2.24) is 15.1 Å². The molecule has 1 fully saturated rings. The first-order valence-electron chi connectivity index (χ1n) is 8.53. The van der Waals surface area contributed by atoms with Crippen LogP contribution in [0.4, 0.5) is 0 Å². The van der Waals surface area contributed by atoms with E-state index in [9.17, 15) is 4.79 Å². The smallest absolute Gasteiger partial charge is 0.234 e. The predicted molar refractivity (Wildman–Crippen MR) is 90.9 cm³/mol. The average molecular weight is 303 g/mol. The molecule has 0 atom stereocenters. The van der Waals surface area contributed by atoms with Gasteiger partial charge in [0, 0.05) is 32.7 Å². The highest BCUT2D eigenvalue weighted by Crippen LogP contribution is 2.06. The average Bonchev–Trinajstić information content (AvgIpc) is 2.55. The minimum Gasteiger partial charge on any atom is -0.355 e. The molecule has 0 saturated carbocycles. The van der Waals surface area contributed by atoms with Crippen LogP contribution >= 0.6 is 0 Å². The van der Waals surface area contributed by atoms with Gasteiger partial charge in [0.1, 0.15) is 0 Å². The summed E-state index contributed by atoms with van der Waals surface area (Å²) in [5.74, 6) is 0.166. The van der Waals surface area contributed by atoms with Crippen LogP contribution in [0.5, 0.6) is 0 Å². The molecule has 1 amide bonds. The van der Waals surface area contributed by atoms with Gasteiger partial charge in [-0.15, -0.1) is 0 Å². The third kappa shape index (κ3) is 6.16. The SMILES string of the molecule is CCCNC(=O)CN1CCN(CCCc2ccccc2)CC1. The summed E-state index contributed by atoms with van der Waals surface area (Å²) in [6.45, 7) is 8.75. The number of nitrogens with one attached hydrogen (secondary N) is 1. The van der Waals surface area contributed by atoms with Gasteiger partial charge in [-0.3, -0.25) is 9.69 Å². The minimum absolute atomic E-state index is 0.166. The molecule has 0 aliphatic carbocycles. The van der Waals surface area contributed by atoms with E-state index in [0.29, 0.717) is 6.54 Å². The third-order valence-electron chi connectivity index (χ3n) is 4.19. The Morgan fingerprint density at radius 1 is 1.09 bits per heavy atom. The van der Waals surface area contributed by atoms with Crippen molar-refractivity contribution in [3.05, 3.63) is 35.9 Å². The van der Waals surface area contributed by atoms with Gasteiger partial charge in [0.25, 0.3) is 0 Å². The van der Waals surface area contributed by atoms with Gasteiger partial charge in [-0.25, -0.2) is 0 Å². The van der Waals surface area contributed by atoms with Crippen LogP contribution in [0.25, 0.3) is 0 Å². The van der Waals surface area contributed by atoms with Crippen LogP contribution in [0, 0.1) is 0 Å². The standard InChI is InChI=1S/C18H29N3O/c1-2-10-19-18(22)16-21-14-12-20(13-15-21)11-6-9-17-7-4-3-5-8-17/h3-5,7-8H,2,6,9-16H2,1H3,(H,19,22). The molecule has 22 heavy (non-hydrogen) atoms. The van der Waals surface area contributed by atoms with E-state index in [4.69, 9.17) is 0 Å². The Bertz CT molecular complexity index is 427. The molecule has 1 aromatic carbocycles. The van der Waals surface area contributed by atoms with Crippen LogP contribution in [0.15, 0.2) is 30.3 Å². The molecule has 0 radical (unpaired) electrons. The van der Waals surface area contributed by atoms with Crippen molar-refractivity contribution in [1.29, 1.82) is 0 Å². The molecule has 1 aliphatic rings. The molecule has 0 unspecified atom stereocenters. The van der Waals surface area contributed by atoms with Crippen molar-refractivity contribution in [3.8, 4) is 0 Å². The van der Waals surface area contributed by atoms with Crippen molar-refractivity contribution < 1.29 is 4.79 Å². The fraction of sp³-hybridized carbons (Fsp3) is 0.611. The van der Waals surface area contributed by atoms with Crippen molar-refractivity contribution in [2.75, 3.05) is 45.8 Å². The number of hydrogen-bond donors (Lipinski definition) is 1. The molecular weight excluding hydrogens is 274 g/mol. The quantitative estimate of drug-likeness (QED) is 0.795. The second-order valence-electron chi connectivity index (χ2n) is 6.06. The molecular formula is C18H29N3O. The molecule has 0 spiro atoms. The summed E-state index contributed by atoms with van der Waals surface area (Å²) < 4.78 is 0. The van der Waals surface area contributed by atoms with Crippen LogP contribution in [0.2, 0.25) is 0 Å². The molecule has 0 bridgehead atoms. The number of nitrogens with zero attached hydrogens (tertiary/aromatic N) is 2. The fourth-order valence-corrected chi connectivity index (χ4v) is 2.85. The van der Waals surface area contributed by atoms with Crippen LogP contribution < -0.4 is 5.32 Å². The number of rotatable bonds is 8. The van der Waals surface area contributed by atoms with Crippen LogP contribution in [0.1, 0.15) is 25.3 Å². The summed E-state index contributed by atoms with van der Waals surface area (Å²) in [7, 11) is 0. The van der Waals surface area contributed by atoms with E-state index in [1.807, 2.05) is 0 Å². The molecule has 1 saturated heterocycles. The monoisotopic (exact) mass is 303 g/mol. The largest absolute Gasteiger partial charge is 0.355 e. The first-order chi connectivity index (χ1) is 10.8. The molecule has 1 N–H and O–H groups in total. The van der Waals surface area contributed by atoms with Crippen LogP contribution in [-0.4, -0.2) is 61.5 Å².